The van der Waals surface area contributed by atoms with Crippen molar-refractivity contribution in [3.63, 3.8) is 0 Å². The maximum absolute atomic E-state index is 5.57. The summed E-state index contributed by atoms with van der Waals surface area (Å²) in [6.45, 7) is 2.79. The van der Waals surface area contributed by atoms with Gasteiger partial charge >= 0.3 is 0 Å². The van der Waals surface area contributed by atoms with Crippen LogP contribution in [0.2, 0.25) is 0 Å². The molecule has 84 valence electrons. The number of hydrogen-bond donors (Lipinski definition) is 2. The molecule has 0 amide bonds. The molecular formula is C10H13N5O. The first-order valence-electron chi connectivity index (χ1n) is 4.91. The van der Waals surface area contributed by atoms with E-state index in [2.05, 4.69) is 10.1 Å². The molecule has 0 aliphatic heterocycles. The third-order valence-corrected chi connectivity index (χ3v) is 2.09. The van der Waals surface area contributed by atoms with E-state index >= 15 is 0 Å². The Morgan fingerprint density at radius 3 is 2.81 bits per heavy atom. The van der Waals surface area contributed by atoms with Gasteiger partial charge in [0.25, 0.3) is 0 Å². The summed E-state index contributed by atoms with van der Waals surface area (Å²) >= 11 is 0. The molecule has 0 spiro atoms. The Morgan fingerprint density at radius 2 is 2.19 bits per heavy atom. The lowest BCUT2D eigenvalue weighted by Gasteiger charge is -2.03. The van der Waals surface area contributed by atoms with Gasteiger partial charge in [0.2, 0.25) is 5.88 Å². The third kappa shape index (κ3) is 2.05. The first-order valence-corrected chi connectivity index (χ1v) is 4.91. The molecule has 2 rings (SSSR count). The zero-order valence-corrected chi connectivity index (χ0v) is 8.92. The molecule has 0 bridgehead atoms. The third-order valence-electron chi connectivity index (χ3n) is 2.09. The zero-order chi connectivity index (χ0) is 11.5. The lowest BCUT2D eigenvalue weighted by molar-refractivity contribution is 0.463. The number of nitrogens with zero attached hydrogens (tertiary/aromatic N) is 3. The van der Waals surface area contributed by atoms with Crippen molar-refractivity contribution in [3.8, 4) is 11.6 Å². The first kappa shape index (κ1) is 10.3. The number of nitrogens with two attached hydrogens (primary N) is 2. The van der Waals surface area contributed by atoms with E-state index in [0.29, 0.717) is 17.3 Å². The van der Waals surface area contributed by atoms with Crippen molar-refractivity contribution in [3.05, 3.63) is 24.5 Å². The maximum atomic E-state index is 5.57. The van der Waals surface area contributed by atoms with Crippen molar-refractivity contribution in [2.24, 2.45) is 0 Å². The largest absolute Gasteiger partial charge is 0.436 e. The van der Waals surface area contributed by atoms with Crippen LogP contribution in [-0.2, 0) is 6.54 Å². The van der Waals surface area contributed by atoms with Gasteiger partial charge in [-0.25, -0.2) is 0 Å². The Morgan fingerprint density at radius 1 is 1.38 bits per heavy atom. The number of nitrogen functional groups attached to an aromatic ring is 2. The molecule has 4 N–H and O–H groups in total. The predicted molar refractivity (Wildman–Crippen MR) is 61.0 cm³/mol. The molecule has 0 unspecified atom stereocenters. The van der Waals surface area contributed by atoms with Crippen molar-refractivity contribution < 1.29 is 4.74 Å². The molecule has 0 saturated heterocycles. The van der Waals surface area contributed by atoms with Crippen LogP contribution >= 0.6 is 0 Å². The SMILES string of the molecule is CCn1cc(Oc2ccc(N)c(N)n2)cn1. The number of aromatic nitrogens is 3. The Balaban J connectivity index is 2.17. The lowest BCUT2D eigenvalue weighted by Crippen LogP contribution is -1.98. The predicted octanol–water partition coefficient (Wildman–Crippen LogP) is 1.25. The van der Waals surface area contributed by atoms with E-state index in [-0.39, 0.29) is 5.82 Å². The van der Waals surface area contributed by atoms with Crippen molar-refractivity contribution >= 4 is 11.5 Å². The monoisotopic (exact) mass is 219 g/mol. The summed E-state index contributed by atoms with van der Waals surface area (Å²) in [6, 6.07) is 3.32. The van der Waals surface area contributed by atoms with Gasteiger partial charge in [0, 0.05) is 12.6 Å². The van der Waals surface area contributed by atoms with Crippen LogP contribution in [0.4, 0.5) is 11.5 Å². The molecule has 0 atom stereocenters. The van der Waals surface area contributed by atoms with Crippen LogP contribution in [0.15, 0.2) is 24.5 Å². The summed E-state index contributed by atoms with van der Waals surface area (Å²) in [5.74, 6) is 1.29. The molecular weight excluding hydrogens is 206 g/mol. The van der Waals surface area contributed by atoms with Crippen LogP contribution in [-0.4, -0.2) is 14.8 Å². The minimum Gasteiger partial charge on any atom is -0.436 e. The number of hydrogen-bond acceptors (Lipinski definition) is 5. The molecule has 2 heterocycles. The fourth-order valence-electron chi connectivity index (χ4n) is 1.21. The highest BCUT2D eigenvalue weighted by molar-refractivity contribution is 5.58. The van der Waals surface area contributed by atoms with Gasteiger partial charge in [0.15, 0.2) is 11.6 Å². The summed E-state index contributed by atoms with van der Waals surface area (Å²) in [5.41, 5.74) is 11.6. The van der Waals surface area contributed by atoms with E-state index in [1.807, 2.05) is 6.92 Å². The lowest BCUT2D eigenvalue weighted by atomic mass is 10.4. The van der Waals surface area contributed by atoms with Gasteiger partial charge < -0.3 is 16.2 Å². The summed E-state index contributed by atoms with van der Waals surface area (Å²) in [4.78, 5) is 4.00. The highest BCUT2D eigenvalue weighted by atomic mass is 16.5. The summed E-state index contributed by atoms with van der Waals surface area (Å²) in [6.07, 6.45) is 3.41. The number of pyridine rings is 1. The smallest absolute Gasteiger partial charge is 0.221 e. The van der Waals surface area contributed by atoms with Gasteiger partial charge in [-0.05, 0) is 13.0 Å². The molecule has 0 aliphatic rings. The Bertz CT molecular complexity index is 494. The van der Waals surface area contributed by atoms with Crippen LogP contribution in [0, 0.1) is 0 Å². The average molecular weight is 219 g/mol. The Kier molecular flexibility index (Phi) is 2.63. The minimum absolute atomic E-state index is 0.264. The van der Waals surface area contributed by atoms with Crippen LogP contribution in [0.1, 0.15) is 6.92 Å². The van der Waals surface area contributed by atoms with Crippen molar-refractivity contribution in [1.82, 2.24) is 14.8 Å². The van der Waals surface area contributed by atoms with E-state index in [1.165, 1.54) is 0 Å². The molecule has 0 radical (unpaired) electrons. The van der Waals surface area contributed by atoms with Crippen LogP contribution in [0.25, 0.3) is 0 Å². The van der Waals surface area contributed by atoms with Gasteiger partial charge in [0.1, 0.15) is 0 Å². The second-order valence-corrected chi connectivity index (χ2v) is 3.26. The van der Waals surface area contributed by atoms with Gasteiger partial charge in [-0.3, -0.25) is 4.68 Å². The summed E-state index contributed by atoms with van der Waals surface area (Å²) in [5, 5.41) is 4.08. The molecule has 0 aromatic carbocycles. The average Bonchev–Trinajstić information content (AvgIpc) is 2.71. The fraction of sp³-hybridized carbons (Fsp3) is 0.200. The van der Waals surface area contributed by atoms with Crippen LogP contribution < -0.4 is 16.2 Å². The zero-order valence-electron chi connectivity index (χ0n) is 8.92. The Hall–Kier alpha value is -2.24. The molecule has 0 saturated carbocycles. The first-order chi connectivity index (χ1) is 7.69. The van der Waals surface area contributed by atoms with Crippen molar-refractivity contribution in [2.75, 3.05) is 11.5 Å². The van der Waals surface area contributed by atoms with E-state index in [4.69, 9.17) is 16.2 Å². The van der Waals surface area contributed by atoms with Crippen molar-refractivity contribution in [2.45, 2.75) is 13.5 Å². The van der Waals surface area contributed by atoms with Gasteiger partial charge in [-0.1, -0.05) is 0 Å². The fourth-order valence-corrected chi connectivity index (χ4v) is 1.21. The van der Waals surface area contributed by atoms with E-state index in [9.17, 15) is 0 Å². The molecule has 0 fully saturated rings. The highest BCUT2D eigenvalue weighted by Crippen LogP contribution is 2.22. The summed E-state index contributed by atoms with van der Waals surface area (Å²) in [7, 11) is 0. The number of rotatable bonds is 3. The Labute approximate surface area is 92.8 Å². The van der Waals surface area contributed by atoms with Crippen LogP contribution in [0.3, 0.4) is 0 Å². The normalized spacial score (nSPS) is 10.3. The molecule has 16 heavy (non-hydrogen) atoms. The molecule has 6 heteroatoms. The van der Waals surface area contributed by atoms with E-state index < -0.39 is 0 Å². The number of aryl methyl sites for hydroxylation is 1. The van der Waals surface area contributed by atoms with Gasteiger partial charge in [-0.2, -0.15) is 10.1 Å². The topological polar surface area (TPSA) is 92.0 Å². The maximum Gasteiger partial charge on any atom is 0.221 e. The summed E-state index contributed by atoms with van der Waals surface area (Å²) < 4.78 is 7.23. The van der Waals surface area contributed by atoms with Crippen molar-refractivity contribution in [1.29, 1.82) is 0 Å². The second-order valence-electron chi connectivity index (χ2n) is 3.26. The molecule has 6 nitrogen and oxygen atoms in total. The minimum atomic E-state index is 0.264. The number of ether oxygens (including phenoxy) is 1. The van der Waals surface area contributed by atoms with Crippen LogP contribution in [0.5, 0.6) is 11.6 Å². The van der Waals surface area contributed by atoms with E-state index in [1.54, 1.807) is 29.2 Å². The highest BCUT2D eigenvalue weighted by Gasteiger charge is 2.03. The molecule has 2 aromatic rings. The molecule has 2 aromatic heterocycles. The van der Waals surface area contributed by atoms with Gasteiger partial charge in [0.05, 0.1) is 18.1 Å². The quantitative estimate of drug-likeness (QED) is 0.810. The van der Waals surface area contributed by atoms with E-state index in [0.717, 1.165) is 6.54 Å². The molecule has 0 aliphatic carbocycles. The standard InChI is InChI=1S/C10H13N5O/c1-2-15-6-7(5-13-15)16-9-4-3-8(11)10(12)14-9/h3-6H,2,11H2,1H3,(H2,12,14). The van der Waals surface area contributed by atoms with Gasteiger partial charge in [-0.15, -0.1) is 0 Å². The second kappa shape index (κ2) is 4.09. The number of anilines is 2.